The van der Waals surface area contributed by atoms with Crippen molar-refractivity contribution in [2.75, 3.05) is 18.6 Å². The fourth-order valence-electron chi connectivity index (χ4n) is 3.38. The van der Waals surface area contributed by atoms with Crippen LogP contribution in [0.1, 0.15) is 39.2 Å². The van der Waals surface area contributed by atoms with E-state index in [0.717, 1.165) is 5.56 Å². The van der Waals surface area contributed by atoms with Gasteiger partial charge in [-0.15, -0.1) is 0 Å². The number of hydrogen-bond donors (Lipinski definition) is 6. The SMILES string of the molecule is CSCCC(NC(=O)C(N)CC(C)C)C(=O)NCC(=O)NC(Cc1ccccc1)C(=O)NC(C)C(N)=O. The first-order chi connectivity index (χ1) is 17.4. The van der Waals surface area contributed by atoms with Gasteiger partial charge in [-0.25, -0.2) is 0 Å². The maximum atomic E-state index is 12.8. The summed E-state index contributed by atoms with van der Waals surface area (Å²) in [5, 5.41) is 10.3. The van der Waals surface area contributed by atoms with Crippen LogP contribution in [0.2, 0.25) is 0 Å². The highest BCUT2D eigenvalue weighted by Crippen LogP contribution is 2.06. The van der Waals surface area contributed by atoms with E-state index < -0.39 is 60.2 Å². The minimum absolute atomic E-state index is 0.165. The molecule has 0 aliphatic carbocycles. The Morgan fingerprint density at radius 2 is 1.54 bits per heavy atom. The van der Waals surface area contributed by atoms with Gasteiger partial charge < -0.3 is 32.7 Å². The standard InChI is InChI=1S/C25H40N6O5S/c1-15(2)12-18(26)23(34)31-19(10-11-37-4)24(35)28-14-21(32)30-20(13-17-8-6-5-7-9-17)25(36)29-16(3)22(27)33/h5-9,15-16,18-20H,10-14,26H2,1-4H3,(H2,27,33)(H,28,35)(H,29,36)(H,30,32)(H,31,34). The summed E-state index contributed by atoms with van der Waals surface area (Å²) in [5.74, 6) is -2.03. The molecule has 0 fully saturated rings. The van der Waals surface area contributed by atoms with Gasteiger partial charge in [0, 0.05) is 6.42 Å². The van der Waals surface area contributed by atoms with Crippen LogP contribution in [0, 0.1) is 5.92 Å². The number of thioether (sulfide) groups is 1. The molecular weight excluding hydrogens is 496 g/mol. The van der Waals surface area contributed by atoms with Crippen LogP contribution < -0.4 is 32.7 Å². The molecule has 0 aliphatic rings. The number of carbonyl (C=O) groups is 5. The summed E-state index contributed by atoms with van der Waals surface area (Å²) in [7, 11) is 0. The molecule has 0 spiro atoms. The molecule has 0 heterocycles. The fraction of sp³-hybridized carbons (Fsp3) is 0.560. The maximum Gasteiger partial charge on any atom is 0.243 e. The average molecular weight is 537 g/mol. The second-order valence-electron chi connectivity index (χ2n) is 9.24. The topological polar surface area (TPSA) is 186 Å². The van der Waals surface area contributed by atoms with E-state index in [9.17, 15) is 24.0 Å². The minimum Gasteiger partial charge on any atom is -0.368 e. The maximum absolute atomic E-state index is 12.8. The first-order valence-corrected chi connectivity index (χ1v) is 13.6. The highest BCUT2D eigenvalue weighted by molar-refractivity contribution is 7.98. The third-order valence-corrected chi connectivity index (χ3v) is 6.09. The number of amides is 5. The predicted molar refractivity (Wildman–Crippen MR) is 144 cm³/mol. The second kappa shape index (κ2) is 16.6. The van der Waals surface area contributed by atoms with E-state index in [2.05, 4.69) is 21.3 Å². The van der Waals surface area contributed by atoms with Gasteiger partial charge in [0.25, 0.3) is 0 Å². The zero-order valence-corrected chi connectivity index (χ0v) is 22.7. The Labute approximate surface area is 222 Å². The minimum atomic E-state index is -1.00. The third kappa shape index (κ3) is 12.6. The van der Waals surface area contributed by atoms with Gasteiger partial charge in [-0.1, -0.05) is 44.2 Å². The van der Waals surface area contributed by atoms with Gasteiger partial charge >= 0.3 is 0 Å². The number of primary amides is 1. The highest BCUT2D eigenvalue weighted by Gasteiger charge is 2.26. The van der Waals surface area contributed by atoms with Gasteiger partial charge in [0.2, 0.25) is 29.5 Å². The molecule has 0 aromatic heterocycles. The Kier molecular flexibility index (Phi) is 14.3. The molecule has 37 heavy (non-hydrogen) atoms. The van der Waals surface area contributed by atoms with Crippen molar-refractivity contribution in [1.82, 2.24) is 21.3 Å². The van der Waals surface area contributed by atoms with Crippen LogP contribution in [0.25, 0.3) is 0 Å². The van der Waals surface area contributed by atoms with Crippen molar-refractivity contribution in [3.05, 3.63) is 35.9 Å². The van der Waals surface area contributed by atoms with Crippen molar-refractivity contribution in [2.24, 2.45) is 17.4 Å². The largest absolute Gasteiger partial charge is 0.368 e. The lowest BCUT2D eigenvalue weighted by molar-refractivity contribution is -0.132. The lowest BCUT2D eigenvalue weighted by Gasteiger charge is -2.22. The van der Waals surface area contributed by atoms with Crippen molar-refractivity contribution in [2.45, 2.75) is 64.2 Å². The molecule has 0 saturated carbocycles. The van der Waals surface area contributed by atoms with Gasteiger partial charge in [0.1, 0.15) is 18.1 Å². The normalized spacial score (nSPS) is 14.1. The lowest BCUT2D eigenvalue weighted by Crippen LogP contribution is -2.55. The lowest BCUT2D eigenvalue weighted by atomic mass is 10.0. The van der Waals surface area contributed by atoms with Crippen LogP contribution in [0.3, 0.4) is 0 Å². The summed E-state index contributed by atoms with van der Waals surface area (Å²) in [5.41, 5.74) is 12.0. The van der Waals surface area contributed by atoms with Crippen molar-refractivity contribution in [3.8, 4) is 0 Å². The van der Waals surface area contributed by atoms with Gasteiger partial charge in [-0.2, -0.15) is 11.8 Å². The van der Waals surface area contributed by atoms with Crippen molar-refractivity contribution >= 4 is 41.3 Å². The molecule has 1 aromatic rings. The van der Waals surface area contributed by atoms with E-state index in [4.69, 9.17) is 11.5 Å². The van der Waals surface area contributed by atoms with Crippen LogP contribution >= 0.6 is 11.8 Å². The molecule has 0 radical (unpaired) electrons. The Morgan fingerprint density at radius 3 is 2.11 bits per heavy atom. The molecule has 4 atom stereocenters. The summed E-state index contributed by atoms with van der Waals surface area (Å²) in [6, 6.07) is 5.49. The Bertz CT molecular complexity index is 914. The molecule has 8 N–H and O–H groups in total. The average Bonchev–Trinajstić information content (AvgIpc) is 2.84. The quantitative estimate of drug-likeness (QED) is 0.163. The van der Waals surface area contributed by atoms with E-state index in [1.807, 2.05) is 26.2 Å². The Hall–Kier alpha value is -3.12. The number of hydrogen-bond acceptors (Lipinski definition) is 7. The fourth-order valence-corrected chi connectivity index (χ4v) is 3.85. The molecule has 0 saturated heterocycles. The molecule has 4 unspecified atom stereocenters. The van der Waals surface area contributed by atoms with Gasteiger partial charge in [0.15, 0.2) is 0 Å². The first-order valence-electron chi connectivity index (χ1n) is 12.2. The summed E-state index contributed by atoms with van der Waals surface area (Å²) < 4.78 is 0. The van der Waals surface area contributed by atoms with Crippen molar-refractivity contribution in [1.29, 1.82) is 0 Å². The zero-order chi connectivity index (χ0) is 28.0. The summed E-state index contributed by atoms with van der Waals surface area (Å²) in [4.78, 5) is 62.0. The Morgan fingerprint density at radius 1 is 0.892 bits per heavy atom. The van der Waals surface area contributed by atoms with E-state index in [1.54, 1.807) is 24.3 Å². The second-order valence-corrected chi connectivity index (χ2v) is 10.2. The van der Waals surface area contributed by atoms with E-state index in [0.29, 0.717) is 18.6 Å². The molecular formula is C25H40N6O5S. The molecule has 5 amide bonds. The summed E-state index contributed by atoms with van der Waals surface area (Å²) in [6.07, 6.45) is 2.88. The molecule has 0 aliphatic heterocycles. The van der Waals surface area contributed by atoms with Gasteiger partial charge in [-0.05, 0) is 43.3 Å². The van der Waals surface area contributed by atoms with Gasteiger partial charge in [0.05, 0.1) is 12.6 Å². The van der Waals surface area contributed by atoms with Crippen LogP contribution in [0.15, 0.2) is 30.3 Å². The smallest absolute Gasteiger partial charge is 0.243 e. The number of carbonyl (C=O) groups excluding carboxylic acids is 5. The van der Waals surface area contributed by atoms with Crippen LogP contribution in [-0.2, 0) is 30.4 Å². The van der Waals surface area contributed by atoms with Crippen LogP contribution in [0.4, 0.5) is 0 Å². The first kappa shape index (κ1) is 31.9. The summed E-state index contributed by atoms with van der Waals surface area (Å²) in [6.45, 7) is 4.93. The Balaban J connectivity index is 2.81. The molecule has 1 aromatic carbocycles. The van der Waals surface area contributed by atoms with Crippen LogP contribution in [0.5, 0.6) is 0 Å². The number of nitrogens with one attached hydrogen (secondary N) is 4. The molecule has 0 bridgehead atoms. The molecule has 206 valence electrons. The van der Waals surface area contributed by atoms with Crippen LogP contribution in [-0.4, -0.2) is 72.3 Å². The summed E-state index contributed by atoms with van der Waals surface area (Å²) >= 11 is 1.52. The van der Waals surface area contributed by atoms with E-state index in [-0.39, 0.29) is 12.3 Å². The van der Waals surface area contributed by atoms with E-state index >= 15 is 0 Å². The highest BCUT2D eigenvalue weighted by atomic mass is 32.2. The molecule has 11 nitrogen and oxygen atoms in total. The third-order valence-electron chi connectivity index (χ3n) is 5.45. The van der Waals surface area contributed by atoms with Crippen molar-refractivity contribution < 1.29 is 24.0 Å². The zero-order valence-electron chi connectivity index (χ0n) is 21.9. The van der Waals surface area contributed by atoms with Gasteiger partial charge in [-0.3, -0.25) is 24.0 Å². The number of benzene rings is 1. The number of rotatable bonds is 16. The molecule has 12 heteroatoms. The van der Waals surface area contributed by atoms with Crippen molar-refractivity contribution in [3.63, 3.8) is 0 Å². The number of nitrogens with two attached hydrogens (primary N) is 2. The monoisotopic (exact) mass is 536 g/mol. The molecule has 1 rings (SSSR count). The predicted octanol–water partition coefficient (Wildman–Crippen LogP) is -0.569. The van der Waals surface area contributed by atoms with E-state index in [1.165, 1.54) is 18.7 Å².